The zero-order valence-corrected chi connectivity index (χ0v) is 16.9. The summed E-state index contributed by atoms with van der Waals surface area (Å²) in [4.78, 5) is 8.99. The van der Waals surface area contributed by atoms with Crippen LogP contribution in [0, 0.1) is 6.92 Å². The summed E-state index contributed by atoms with van der Waals surface area (Å²) >= 11 is 5.92. The lowest BCUT2D eigenvalue weighted by Gasteiger charge is -2.12. The molecule has 3 rings (SSSR count). The van der Waals surface area contributed by atoms with Gasteiger partial charge in [0.05, 0.1) is 14.2 Å². The molecule has 28 heavy (non-hydrogen) atoms. The highest BCUT2D eigenvalue weighted by Gasteiger charge is 2.06. The third-order valence-corrected chi connectivity index (χ3v) is 4.39. The van der Waals surface area contributed by atoms with E-state index in [1.807, 2.05) is 55.5 Å². The van der Waals surface area contributed by atoms with E-state index in [2.05, 4.69) is 20.6 Å². The SMILES string of the molecule is COc1ccc(CNc2cc(C)nc(NCc3ccc(Cl)cc3)n2)cc1OC. The second-order valence-electron chi connectivity index (χ2n) is 6.24. The number of nitrogens with one attached hydrogen (secondary N) is 2. The third-order valence-electron chi connectivity index (χ3n) is 4.14. The predicted molar refractivity (Wildman–Crippen MR) is 112 cm³/mol. The van der Waals surface area contributed by atoms with Crippen molar-refractivity contribution in [2.45, 2.75) is 20.0 Å². The Kier molecular flexibility index (Phi) is 6.55. The van der Waals surface area contributed by atoms with Crippen LogP contribution in [-0.4, -0.2) is 24.2 Å². The first-order valence-corrected chi connectivity index (χ1v) is 9.24. The van der Waals surface area contributed by atoms with Crippen LogP contribution in [0.1, 0.15) is 16.8 Å². The molecule has 1 heterocycles. The van der Waals surface area contributed by atoms with Gasteiger partial charge >= 0.3 is 0 Å². The topological polar surface area (TPSA) is 68.3 Å². The summed E-state index contributed by atoms with van der Waals surface area (Å²) in [6.45, 7) is 3.17. The van der Waals surface area contributed by atoms with Crippen molar-refractivity contribution in [3.05, 3.63) is 70.4 Å². The standard InChI is InChI=1S/C21H23ClN4O2/c1-14-10-20(23-13-16-6-9-18(27-2)19(11-16)28-3)26-21(25-14)24-12-15-4-7-17(22)8-5-15/h4-11H,12-13H2,1-3H3,(H2,23,24,25,26). The molecule has 0 amide bonds. The van der Waals surface area contributed by atoms with Gasteiger partial charge in [-0.25, -0.2) is 4.98 Å². The summed E-state index contributed by atoms with van der Waals surface area (Å²) in [6.07, 6.45) is 0. The molecule has 2 aromatic carbocycles. The number of methoxy groups -OCH3 is 2. The summed E-state index contributed by atoms with van der Waals surface area (Å²) in [5, 5.41) is 7.30. The number of benzene rings is 2. The van der Waals surface area contributed by atoms with Crippen molar-refractivity contribution in [2.75, 3.05) is 24.9 Å². The molecular weight excluding hydrogens is 376 g/mol. The van der Waals surface area contributed by atoms with Crippen molar-refractivity contribution in [3.8, 4) is 11.5 Å². The molecule has 3 aromatic rings. The minimum absolute atomic E-state index is 0.574. The van der Waals surface area contributed by atoms with Gasteiger partial charge in [-0.05, 0) is 42.3 Å². The van der Waals surface area contributed by atoms with Gasteiger partial charge in [-0.3, -0.25) is 0 Å². The van der Waals surface area contributed by atoms with E-state index in [4.69, 9.17) is 21.1 Å². The van der Waals surface area contributed by atoms with Gasteiger partial charge in [0.15, 0.2) is 11.5 Å². The Labute approximate surface area is 169 Å². The Morgan fingerprint density at radius 2 is 1.50 bits per heavy atom. The normalized spacial score (nSPS) is 10.4. The van der Waals surface area contributed by atoms with Crippen LogP contribution in [0.4, 0.5) is 11.8 Å². The van der Waals surface area contributed by atoms with Crippen molar-refractivity contribution in [3.63, 3.8) is 0 Å². The summed E-state index contributed by atoms with van der Waals surface area (Å²) < 4.78 is 10.6. The monoisotopic (exact) mass is 398 g/mol. The first-order valence-electron chi connectivity index (χ1n) is 8.86. The molecule has 0 spiro atoms. The molecule has 0 fully saturated rings. The van der Waals surface area contributed by atoms with Crippen molar-refractivity contribution in [1.29, 1.82) is 0 Å². The van der Waals surface area contributed by atoms with Gasteiger partial charge in [0.1, 0.15) is 5.82 Å². The van der Waals surface area contributed by atoms with E-state index in [0.717, 1.165) is 27.7 Å². The van der Waals surface area contributed by atoms with E-state index < -0.39 is 0 Å². The Balaban J connectivity index is 1.65. The number of nitrogens with zero attached hydrogens (tertiary/aromatic N) is 2. The van der Waals surface area contributed by atoms with Crippen molar-refractivity contribution < 1.29 is 9.47 Å². The van der Waals surface area contributed by atoms with E-state index in [-0.39, 0.29) is 0 Å². The molecule has 0 saturated carbocycles. The highest BCUT2D eigenvalue weighted by molar-refractivity contribution is 6.30. The van der Waals surface area contributed by atoms with Crippen LogP contribution in [0.3, 0.4) is 0 Å². The Morgan fingerprint density at radius 3 is 2.21 bits per heavy atom. The Morgan fingerprint density at radius 1 is 0.821 bits per heavy atom. The maximum Gasteiger partial charge on any atom is 0.225 e. The summed E-state index contributed by atoms with van der Waals surface area (Å²) in [5.41, 5.74) is 3.04. The second kappa shape index (κ2) is 9.28. The highest BCUT2D eigenvalue weighted by Crippen LogP contribution is 2.27. The number of rotatable bonds is 8. The number of halogens is 1. The largest absolute Gasteiger partial charge is 0.493 e. The molecule has 0 aliphatic heterocycles. The maximum absolute atomic E-state index is 5.92. The lowest BCUT2D eigenvalue weighted by molar-refractivity contribution is 0.354. The number of aryl methyl sites for hydroxylation is 1. The van der Waals surface area contributed by atoms with Crippen LogP contribution in [0.5, 0.6) is 11.5 Å². The third kappa shape index (κ3) is 5.27. The van der Waals surface area contributed by atoms with Gasteiger partial charge in [0.25, 0.3) is 0 Å². The average molecular weight is 399 g/mol. The molecule has 0 aliphatic rings. The van der Waals surface area contributed by atoms with E-state index in [0.29, 0.717) is 30.5 Å². The average Bonchev–Trinajstić information content (AvgIpc) is 2.71. The van der Waals surface area contributed by atoms with Crippen molar-refractivity contribution in [2.24, 2.45) is 0 Å². The molecule has 1 aromatic heterocycles. The van der Waals surface area contributed by atoms with Gasteiger partial charge in [-0.2, -0.15) is 4.98 Å². The van der Waals surface area contributed by atoms with Gasteiger partial charge in [0.2, 0.25) is 5.95 Å². The number of hydrogen-bond acceptors (Lipinski definition) is 6. The van der Waals surface area contributed by atoms with E-state index in [1.54, 1.807) is 14.2 Å². The lowest BCUT2D eigenvalue weighted by atomic mass is 10.2. The van der Waals surface area contributed by atoms with E-state index >= 15 is 0 Å². The zero-order chi connectivity index (χ0) is 19.9. The van der Waals surface area contributed by atoms with Gasteiger partial charge in [-0.1, -0.05) is 29.8 Å². The minimum atomic E-state index is 0.574. The number of anilines is 2. The molecule has 0 radical (unpaired) electrons. The molecule has 0 saturated heterocycles. The zero-order valence-electron chi connectivity index (χ0n) is 16.1. The van der Waals surface area contributed by atoms with Gasteiger partial charge in [-0.15, -0.1) is 0 Å². The fourth-order valence-electron chi connectivity index (χ4n) is 2.70. The summed E-state index contributed by atoms with van der Waals surface area (Å²) in [7, 11) is 3.25. The van der Waals surface area contributed by atoms with Crippen LogP contribution < -0.4 is 20.1 Å². The van der Waals surface area contributed by atoms with Crippen molar-refractivity contribution >= 4 is 23.4 Å². The second-order valence-corrected chi connectivity index (χ2v) is 6.68. The van der Waals surface area contributed by atoms with Crippen LogP contribution in [-0.2, 0) is 13.1 Å². The first kappa shape index (κ1) is 19.8. The fraction of sp³-hybridized carbons (Fsp3) is 0.238. The van der Waals surface area contributed by atoms with Gasteiger partial charge in [0, 0.05) is 29.9 Å². The number of hydrogen-bond donors (Lipinski definition) is 2. The lowest BCUT2D eigenvalue weighted by Crippen LogP contribution is -2.08. The molecule has 0 aliphatic carbocycles. The Bertz CT molecular complexity index is 932. The molecule has 146 valence electrons. The molecule has 0 unspecified atom stereocenters. The highest BCUT2D eigenvalue weighted by atomic mass is 35.5. The van der Waals surface area contributed by atoms with E-state index in [1.165, 1.54) is 0 Å². The Hall–Kier alpha value is -2.99. The first-order chi connectivity index (χ1) is 13.6. The van der Waals surface area contributed by atoms with Crippen LogP contribution >= 0.6 is 11.6 Å². The molecule has 6 nitrogen and oxygen atoms in total. The van der Waals surface area contributed by atoms with Crippen LogP contribution in [0.15, 0.2) is 48.5 Å². The molecular formula is C21H23ClN4O2. The minimum Gasteiger partial charge on any atom is -0.493 e. The quantitative estimate of drug-likeness (QED) is 0.574. The number of ether oxygens (including phenoxy) is 2. The molecule has 2 N–H and O–H groups in total. The fourth-order valence-corrected chi connectivity index (χ4v) is 2.83. The summed E-state index contributed by atoms with van der Waals surface area (Å²) in [5.74, 6) is 2.73. The molecule has 0 bridgehead atoms. The maximum atomic E-state index is 5.92. The molecule has 0 atom stereocenters. The van der Waals surface area contributed by atoms with E-state index in [9.17, 15) is 0 Å². The summed E-state index contributed by atoms with van der Waals surface area (Å²) in [6, 6.07) is 15.4. The van der Waals surface area contributed by atoms with Gasteiger partial charge < -0.3 is 20.1 Å². The molecule has 7 heteroatoms. The van der Waals surface area contributed by atoms with Crippen molar-refractivity contribution in [1.82, 2.24) is 9.97 Å². The number of aromatic nitrogens is 2. The van der Waals surface area contributed by atoms with Crippen LogP contribution in [0.2, 0.25) is 5.02 Å². The van der Waals surface area contributed by atoms with Crippen LogP contribution in [0.25, 0.3) is 0 Å². The smallest absolute Gasteiger partial charge is 0.225 e. The predicted octanol–water partition coefficient (Wildman–Crippen LogP) is 4.68.